The summed E-state index contributed by atoms with van der Waals surface area (Å²) < 4.78 is 39.1. The third kappa shape index (κ3) is 10.9. The predicted octanol–water partition coefficient (Wildman–Crippen LogP) is 7.31. The molecule has 2 saturated carbocycles. The standard InChI is InChI=1S/C37H51ClN3O9PS/c1-3-48-51(46,49-4-2)35(44)30(17-18-33(42)41-21-22-47-31-16-9-8-13-27(31)25-41)39-34(43)32(23-26-11-6-5-7-12-26)52-40-36(45)50-37(19-20-37)28-14-10-15-29(38)24-28/h8-10,13-16,24,26,30,32,35,44H,3-7,11-12,17-23,25H2,1-2H3,(H,39,43)(H,40,45)/t30-,32-,35?/m0/s1. The zero-order chi connectivity index (χ0) is 37.1. The van der Waals surface area contributed by atoms with E-state index in [0.717, 1.165) is 60.9 Å². The minimum Gasteiger partial charge on any atom is -0.491 e. The Morgan fingerprint density at radius 2 is 1.81 bits per heavy atom. The Morgan fingerprint density at radius 3 is 2.50 bits per heavy atom. The first-order valence-corrected chi connectivity index (χ1v) is 21.2. The van der Waals surface area contributed by atoms with E-state index in [-0.39, 0.29) is 37.9 Å². The zero-order valence-corrected chi connectivity index (χ0v) is 32.4. The van der Waals surface area contributed by atoms with Gasteiger partial charge in [0.25, 0.3) is 0 Å². The maximum Gasteiger partial charge on any atom is 0.418 e. The van der Waals surface area contributed by atoms with Crippen LogP contribution in [0.4, 0.5) is 4.79 Å². The second-order valence-electron chi connectivity index (χ2n) is 13.6. The summed E-state index contributed by atoms with van der Waals surface area (Å²) in [6, 6.07) is 13.6. The van der Waals surface area contributed by atoms with Crippen LogP contribution in [-0.4, -0.2) is 71.4 Å². The Labute approximate surface area is 315 Å². The molecule has 15 heteroatoms. The van der Waals surface area contributed by atoms with Crippen molar-refractivity contribution in [2.45, 2.75) is 107 Å². The van der Waals surface area contributed by atoms with Crippen LogP contribution in [0.25, 0.3) is 0 Å². The molecule has 3 N–H and O–H groups in total. The molecule has 3 amide bonds. The summed E-state index contributed by atoms with van der Waals surface area (Å²) in [5, 5.41) is 14.2. The zero-order valence-electron chi connectivity index (χ0n) is 29.9. The van der Waals surface area contributed by atoms with Gasteiger partial charge in [-0.25, -0.2) is 4.79 Å². The molecular formula is C37H51ClN3O9PS. The largest absolute Gasteiger partial charge is 0.491 e. The summed E-state index contributed by atoms with van der Waals surface area (Å²) in [4.78, 5) is 42.5. The van der Waals surface area contributed by atoms with Crippen LogP contribution in [0.2, 0.25) is 5.02 Å². The highest BCUT2D eigenvalue weighted by molar-refractivity contribution is 7.99. The lowest BCUT2D eigenvalue weighted by Gasteiger charge is -2.32. The molecule has 1 heterocycles. The average molecular weight is 780 g/mol. The van der Waals surface area contributed by atoms with Crippen LogP contribution in [0.1, 0.15) is 89.2 Å². The predicted molar refractivity (Wildman–Crippen MR) is 200 cm³/mol. The number of nitrogens with one attached hydrogen (secondary N) is 2. The van der Waals surface area contributed by atoms with Crippen LogP contribution in [0.5, 0.6) is 5.75 Å². The number of benzene rings is 2. The van der Waals surface area contributed by atoms with E-state index < -0.39 is 42.3 Å². The molecule has 1 aliphatic heterocycles. The van der Waals surface area contributed by atoms with E-state index in [4.69, 9.17) is 30.1 Å². The number of hydrogen-bond donors (Lipinski definition) is 3. The lowest BCUT2D eigenvalue weighted by molar-refractivity contribution is -0.132. The van der Waals surface area contributed by atoms with Gasteiger partial charge in [-0.3, -0.25) is 18.9 Å². The third-order valence-electron chi connectivity index (χ3n) is 9.80. The number of carbonyl (C=O) groups is 3. The lowest BCUT2D eigenvalue weighted by Crippen LogP contribution is -2.48. The van der Waals surface area contributed by atoms with Gasteiger partial charge >= 0.3 is 13.7 Å². The minimum absolute atomic E-state index is 0.00396. The molecule has 2 aliphatic carbocycles. The average Bonchev–Trinajstić information content (AvgIpc) is 3.95. The fourth-order valence-electron chi connectivity index (χ4n) is 6.90. The van der Waals surface area contributed by atoms with Crippen LogP contribution in [-0.2, 0) is 40.1 Å². The lowest BCUT2D eigenvalue weighted by atomic mass is 9.86. The summed E-state index contributed by atoms with van der Waals surface area (Å²) in [5.74, 6) is -1.45. The third-order valence-corrected chi connectivity index (χ3v) is 13.3. The molecule has 0 spiro atoms. The van der Waals surface area contributed by atoms with Crippen molar-refractivity contribution in [1.82, 2.24) is 14.9 Å². The molecule has 52 heavy (non-hydrogen) atoms. The Bertz CT molecular complexity index is 1560. The van der Waals surface area contributed by atoms with E-state index in [0.29, 0.717) is 44.0 Å². The maximum atomic E-state index is 14.1. The van der Waals surface area contributed by atoms with Crippen molar-refractivity contribution < 1.29 is 42.6 Å². The Morgan fingerprint density at radius 1 is 1.08 bits per heavy atom. The smallest absolute Gasteiger partial charge is 0.418 e. The quantitative estimate of drug-likeness (QED) is 0.110. The van der Waals surface area contributed by atoms with Gasteiger partial charge in [-0.05, 0) is 81.2 Å². The van der Waals surface area contributed by atoms with Crippen LogP contribution in [0.3, 0.4) is 0 Å². The van der Waals surface area contributed by atoms with Gasteiger partial charge in [-0.1, -0.05) is 74.0 Å². The summed E-state index contributed by atoms with van der Waals surface area (Å²) in [6.07, 6.45) is 6.19. The van der Waals surface area contributed by atoms with Crippen molar-refractivity contribution in [3.05, 3.63) is 64.7 Å². The van der Waals surface area contributed by atoms with E-state index in [2.05, 4.69) is 10.0 Å². The first kappa shape index (κ1) is 40.4. The fraction of sp³-hybridized carbons (Fsp3) is 0.595. The number of ether oxygens (including phenoxy) is 2. The van der Waals surface area contributed by atoms with Crippen LogP contribution in [0.15, 0.2) is 48.5 Å². The molecular weight excluding hydrogens is 729 g/mol. The van der Waals surface area contributed by atoms with Gasteiger partial charge in [-0.15, -0.1) is 0 Å². The van der Waals surface area contributed by atoms with E-state index >= 15 is 0 Å². The Balaban J connectivity index is 1.29. The van der Waals surface area contributed by atoms with Gasteiger partial charge < -0.3 is 33.8 Å². The van der Waals surface area contributed by atoms with Crippen molar-refractivity contribution in [1.29, 1.82) is 0 Å². The number of carbonyl (C=O) groups excluding carboxylic acids is 3. The number of rotatable bonds is 17. The van der Waals surface area contributed by atoms with Crippen molar-refractivity contribution in [3.63, 3.8) is 0 Å². The Kier molecular flexibility index (Phi) is 14.7. The maximum absolute atomic E-state index is 14.1. The highest BCUT2D eigenvalue weighted by atomic mass is 35.5. The molecule has 0 radical (unpaired) electrons. The molecule has 12 nitrogen and oxygen atoms in total. The first-order chi connectivity index (χ1) is 25.1. The van der Waals surface area contributed by atoms with Gasteiger partial charge in [0.2, 0.25) is 11.8 Å². The summed E-state index contributed by atoms with van der Waals surface area (Å²) in [7, 11) is -4.12. The number of para-hydroxylation sites is 1. The summed E-state index contributed by atoms with van der Waals surface area (Å²) in [6.45, 7) is 4.32. The molecule has 5 rings (SSSR count). The molecule has 0 bridgehead atoms. The van der Waals surface area contributed by atoms with Crippen molar-refractivity contribution in [2.24, 2.45) is 5.92 Å². The molecule has 2 fully saturated rings. The second kappa shape index (κ2) is 19.0. The number of aliphatic hydroxyl groups is 1. The second-order valence-corrected chi connectivity index (χ2v) is 17.1. The van der Waals surface area contributed by atoms with Crippen LogP contribution < -0.4 is 14.8 Å². The van der Waals surface area contributed by atoms with Crippen LogP contribution in [0, 0.1) is 5.92 Å². The minimum atomic E-state index is -4.12. The molecule has 0 saturated heterocycles. The van der Waals surface area contributed by atoms with Crippen molar-refractivity contribution >= 4 is 49.1 Å². The van der Waals surface area contributed by atoms with Crippen molar-refractivity contribution in [3.8, 4) is 5.75 Å². The van der Waals surface area contributed by atoms with Gasteiger partial charge in [0.05, 0.1) is 25.8 Å². The fourth-order valence-corrected chi connectivity index (χ4v) is 9.68. The topological polar surface area (TPSA) is 153 Å². The molecule has 2 aromatic rings. The van der Waals surface area contributed by atoms with Crippen LogP contribution >= 0.6 is 31.1 Å². The van der Waals surface area contributed by atoms with E-state index in [9.17, 15) is 24.1 Å². The molecule has 3 aliphatic rings. The molecule has 0 aromatic heterocycles. The SMILES string of the molecule is CCOP(=O)(OCC)C(O)[C@H](CCC(=O)N1CCOc2ccccc2C1)NC(=O)[C@H](CC1CCCCC1)SNC(=O)OC1(c2cccc(Cl)c2)CC1. The van der Waals surface area contributed by atoms with Crippen molar-refractivity contribution in [2.75, 3.05) is 26.4 Å². The van der Waals surface area contributed by atoms with E-state index in [1.54, 1.807) is 30.9 Å². The first-order valence-electron chi connectivity index (χ1n) is 18.3. The number of aliphatic hydroxyl groups excluding tert-OH is 1. The van der Waals surface area contributed by atoms with Gasteiger partial charge in [0.1, 0.15) is 23.2 Å². The van der Waals surface area contributed by atoms with E-state index in [1.165, 1.54) is 0 Å². The van der Waals surface area contributed by atoms with Gasteiger partial charge in [0.15, 0.2) is 5.85 Å². The Hall–Kier alpha value is -2.80. The molecule has 3 atom stereocenters. The van der Waals surface area contributed by atoms with Gasteiger partial charge in [0, 0.05) is 23.6 Å². The number of fused-ring (bicyclic) bond motifs is 1. The number of halogens is 1. The molecule has 2 aromatic carbocycles. The monoisotopic (exact) mass is 779 g/mol. The van der Waals surface area contributed by atoms with Gasteiger partial charge in [-0.2, -0.15) is 0 Å². The number of nitrogens with zero attached hydrogens (tertiary/aromatic N) is 1. The number of amides is 3. The summed E-state index contributed by atoms with van der Waals surface area (Å²) in [5.41, 5.74) is 0.928. The molecule has 286 valence electrons. The van der Waals surface area contributed by atoms with E-state index in [1.807, 2.05) is 36.4 Å². The summed E-state index contributed by atoms with van der Waals surface area (Å²) >= 11 is 7.15. The number of hydrogen-bond acceptors (Lipinski definition) is 10. The normalized spacial score (nSPS) is 18.9. The highest BCUT2D eigenvalue weighted by Crippen LogP contribution is 2.53. The highest BCUT2D eigenvalue weighted by Gasteiger charge is 2.49. The molecule has 1 unspecified atom stereocenters.